The second-order valence-electron chi connectivity index (χ2n) is 6.16. The van der Waals surface area contributed by atoms with Crippen molar-refractivity contribution in [2.45, 2.75) is 32.1 Å². The zero-order chi connectivity index (χ0) is 16.9. The van der Waals surface area contributed by atoms with Gasteiger partial charge in [-0.2, -0.15) is 0 Å². The van der Waals surface area contributed by atoms with Crippen molar-refractivity contribution < 1.29 is 19.4 Å². The standard InChI is InChI=1S/C18H22N2O4/c21-16(22)6-7-17(23)24-15-5-3-4-14-18(15)13(12-19-14)8-11-20-9-1-2-10-20/h3-5,12,19H,1-2,6-11H2,(H,21,22). The second-order valence-corrected chi connectivity index (χ2v) is 6.16. The highest BCUT2D eigenvalue weighted by Gasteiger charge is 2.16. The Morgan fingerprint density at radius 1 is 1.21 bits per heavy atom. The highest BCUT2D eigenvalue weighted by atomic mass is 16.5. The summed E-state index contributed by atoms with van der Waals surface area (Å²) in [5, 5.41) is 9.58. The lowest BCUT2D eigenvalue weighted by molar-refractivity contribution is -0.142. The fourth-order valence-electron chi connectivity index (χ4n) is 3.17. The molecule has 1 aliphatic rings. The second kappa shape index (κ2) is 7.49. The van der Waals surface area contributed by atoms with Crippen LogP contribution in [0.5, 0.6) is 5.75 Å². The summed E-state index contributed by atoms with van der Waals surface area (Å²) in [6.07, 6.45) is 5.04. The number of hydrogen-bond acceptors (Lipinski definition) is 4. The number of carboxylic acid groups (broad SMARTS) is 1. The lowest BCUT2D eigenvalue weighted by Crippen LogP contribution is -2.21. The van der Waals surface area contributed by atoms with Crippen molar-refractivity contribution in [2.24, 2.45) is 0 Å². The van der Waals surface area contributed by atoms with Gasteiger partial charge in [-0.05, 0) is 50.0 Å². The first kappa shape index (κ1) is 16.5. The van der Waals surface area contributed by atoms with Crippen LogP contribution in [0.4, 0.5) is 0 Å². The van der Waals surface area contributed by atoms with E-state index >= 15 is 0 Å². The molecule has 6 nitrogen and oxygen atoms in total. The molecule has 1 saturated heterocycles. The number of aromatic amines is 1. The Labute approximate surface area is 140 Å². The summed E-state index contributed by atoms with van der Waals surface area (Å²) in [5.41, 5.74) is 2.05. The minimum atomic E-state index is -1.00. The van der Waals surface area contributed by atoms with E-state index in [4.69, 9.17) is 9.84 Å². The molecule has 6 heteroatoms. The first-order valence-electron chi connectivity index (χ1n) is 8.37. The van der Waals surface area contributed by atoms with Crippen LogP contribution in [0.15, 0.2) is 24.4 Å². The van der Waals surface area contributed by atoms with Gasteiger partial charge < -0.3 is 19.7 Å². The van der Waals surface area contributed by atoms with Crippen LogP contribution in [0, 0.1) is 0 Å². The first-order chi connectivity index (χ1) is 11.6. The molecule has 1 aliphatic heterocycles. The molecule has 0 atom stereocenters. The third kappa shape index (κ3) is 3.94. The van der Waals surface area contributed by atoms with Crippen molar-refractivity contribution in [3.8, 4) is 5.75 Å². The summed E-state index contributed by atoms with van der Waals surface area (Å²) in [6.45, 7) is 3.30. The predicted molar refractivity (Wildman–Crippen MR) is 90.2 cm³/mol. The van der Waals surface area contributed by atoms with Crippen molar-refractivity contribution in [1.82, 2.24) is 9.88 Å². The topological polar surface area (TPSA) is 82.6 Å². The van der Waals surface area contributed by atoms with Gasteiger partial charge in [-0.1, -0.05) is 6.07 Å². The van der Waals surface area contributed by atoms with Crippen LogP contribution in [-0.2, 0) is 16.0 Å². The number of carboxylic acids is 1. The van der Waals surface area contributed by atoms with E-state index in [1.54, 1.807) is 6.07 Å². The number of nitrogens with zero attached hydrogens (tertiary/aromatic N) is 1. The third-order valence-electron chi connectivity index (χ3n) is 4.41. The molecule has 2 aromatic rings. The minimum absolute atomic E-state index is 0.126. The van der Waals surface area contributed by atoms with Crippen LogP contribution in [-0.4, -0.2) is 46.6 Å². The van der Waals surface area contributed by atoms with Crippen LogP contribution < -0.4 is 4.74 Å². The number of rotatable bonds is 7. The molecule has 3 rings (SSSR count). The van der Waals surface area contributed by atoms with Crippen molar-refractivity contribution in [1.29, 1.82) is 0 Å². The van der Waals surface area contributed by atoms with Crippen LogP contribution in [0.25, 0.3) is 10.9 Å². The predicted octanol–water partition coefficient (Wildman–Crippen LogP) is 2.58. The van der Waals surface area contributed by atoms with Gasteiger partial charge in [0.25, 0.3) is 0 Å². The van der Waals surface area contributed by atoms with Crippen molar-refractivity contribution in [3.63, 3.8) is 0 Å². The molecule has 0 radical (unpaired) electrons. The molecule has 0 amide bonds. The lowest BCUT2D eigenvalue weighted by atomic mass is 10.1. The van der Waals surface area contributed by atoms with Gasteiger partial charge in [0.05, 0.1) is 12.8 Å². The zero-order valence-corrected chi connectivity index (χ0v) is 13.6. The fraction of sp³-hybridized carbons (Fsp3) is 0.444. The number of likely N-dealkylation sites (tertiary alicyclic amines) is 1. The van der Waals surface area contributed by atoms with E-state index < -0.39 is 11.9 Å². The Bertz CT molecular complexity index is 732. The monoisotopic (exact) mass is 330 g/mol. The molecule has 0 aliphatic carbocycles. The molecule has 2 heterocycles. The summed E-state index contributed by atoms with van der Waals surface area (Å²) in [7, 11) is 0. The van der Waals surface area contributed by atoms with Gasteiger partial charge in [0.15, 0.2) is 0 Å². The summed E-state index contributed by atoms with van der Waals surface area (Å²) >= 11 is 0. The van der Waals surface area contributed by atoms with E-state index in [-0.39, 0.29) is 12.8 Å². The van der Waals surface area contributed by atoms with Crippen LogP contribution >= 0.6 is 0 Å². The molecule has 2 N–H and O–H groups in total. The molecule has 128 valence electrons. The van der Waals surface area contributed by atoms with E-state index in [0.717, 1.165) is 42.5 Å². The van der Waals surface area contributed by atoms with Gasteiger partial charge in [0, 0.05) is 23.6 Å². The number of aliphatic carboxylic acids is 1. The van der Waals surface area contributed by atoms with E-state index in [1.807, 2.05) is 18.3 Å². The summed E-state index contributed by atoms with van der Waals surface area (Å²) in [6, 6.07) is 5.53. The quantitative estimate of drug-likeness (QED) is 0.602. The van der Waals surface area contributed by atoms with Gasteiger partial charge >= 0.3 is 11.9 Å². The van der Waals surface area contributed by atoms with Crippen LogP contribution in [0.1, 0.15) is 31.2 Å². The van der Waals surface area contributed by atoms with E-state index in [2.05, 4.69) is 9.88 Å². The smallest absolute Gasteiger partial charge is 0.311 e. The minimum Gasteiger partial charge on any atom is -0.481 e. The molecule has 0 saturated carbocycles. The zero-order valence-electron chi connectivity index (χ0n) is 13.6. The summed E-state index contributed by atoms with van der Waals surface area (Å²) < 4.78 is 5.41. The molecular formula is C18H22N2O4. The molecule has 0 bridgehead atoms. The number of benzene rings is 1. The number of esters is 1. The Balaban J connectivity index is 1.73. The number of H-pyrrole nitrogens is 1. The van der Waals surface area contributed by atoms with Gasteiger partial charge in [0.1, 0.15) is 5.75 Å². The van der Waals surface area contributed by atoms with Gasteiger partial charge in [-0.3, -0.25) is 9.59 Å². The Morgan fingerprint density at radius 3 is 2.75 bits per heavy atom. The van der Waals surface area contributed by atoms with E-state index in [9.17, 15) is 9.59 Å². The van der Waals surface area contributed by atoms with Crippen molar-refractivity contribution >= 4 is 22.8 Å². The SMILES string of the molecule is O=C(O)CCC(=O)Oc1cccc2[nH]cc(CCN3CCCC3)c12. The first-order valence-corrected chi connectivity index (χ1v) is 8.37. The lowest BCUT2D eigenvalue weighted by Gasteiger charge is -2.14. The Hall–Kier alpha value is -2.34. The van der Waals surface area contributed by atoms with Crippen molar-refractivity contribution in [3.05, 3.63) is 30.0 Å². The van der Waals surface area contributed by atoms with Crippen LogP contribution in [0.2, 0.25) is 0 Å². The summed E-state index contributed by atoms with van der Waals surface area (Å²) in [4.78, 5) is 28.1. The third-order valence-corrected chi connectivity index (χ3v) is 4.41. The Morgan fingerprint density at radius 2 is 2.00 bits per heavy atom. The number of hydrogen-bond donors (Lipinski definition) is 2. The van der Waals surface area contributed by atoms with Gasteiger partial charge in [-0.15, -0.1) is 0 Å². The number of fused-ring (bicyclic) bond motifs is 1. The molecule has 0 unspecified atom stereocenters. The maximum Gasteiger partial charge on any atom is 0.311 e. The maximum absolute atomic E-state index is 11.9. The van der Waals surface area contributed by atoms with Crippen LogP contribution in [0.3, 0.4) is 0 Å². The number of aromatic nitrogens is 1. The highest BCUT2D eigenvalue weighted by molar-refractivity contribution is 5.91. The van der Waals surface area contributed by atoms with Gasteiger partial charge in [0.2, 0.25) is 0 Å². The number of carbonyl (C=O) groups excluding carboxylic acids is 1. The molecule has 24 heavy (non-hydrogen) atoms. The number of nitrogens with one attached hydrogen (secondary N) is 1. The van der Waals surface area contributed by atoms with Crippen molar-refractivity contribution in [2.75, 3.05) is 19.6 Å². The molecule has 0 spiro atoms. The molecule has 1 aromatic carbocycles. The molecule has 1 fully saturated rings. The molecular weight excluding hydrogens is 308 g/mol. The number of ether oxygens (including phenoxy) is 1. The average molecular weight is 330 g/mol. The Kier molecular flexibility index (Phi) is 5.15. The average Bonchev–Trinajstić information content (AvgIpc) is 3.21. The fourth-order valence-corrected chi connectivity index (χ4v) is 3.17. The van der Waals surface area contributed by atoms with Gasteiger partial charge in [-0.25, -0.2) is 0 Å². The highest BCUT2D eigenvalue weighted by Crippen LogP contribution is 2.29. The molecule has 1 aromatic heterocycles. The summed E-state index contributed by atoms with van der Waals surface area (Å²) in [5.74, 6) is -1.02. The van der Waals surface area contributed by atoms with E-state index in [0.29, 0.717) is 5.75 Å². The van der Waals surface area contributed by atoms with E-state index in [1.165, 1.54) is 12.8 Å². The maximum atomic E-state index is 11.9. The normalized spacial score (nSPS) is 15.0. The largest absolute Gasteiger partial charge is 0.481 e. The number of carbonyl (C=O) groups is 2.